The molecule has 0 amide bonds. The second kappa shape index (κ2) is 11.7. The Bertz CT molecular complexity index is 3280. The van der Waals surface area contributed by atoms with E-state index >= 15 is 0 Å². The SMILES string of the molecule is c1ccc(-n2c3ccccc3c3ccc4c(c32)N(c2cccc(-c3ccc5c(c3)C3(c6ccccc6-c6ccccc63)c3ccccc3-5)n2)c2ccccc2O4)cc1. The van der Waals surface area contributed by atoms with Crippen molar-refractivity contribution in [3.63, 3.8) is 0 Å². The largest absolute Gasteiger partial charge is 0.453 e. The van der Waals surface area contributed by atoms with Gasteiger partial charge in [0.05, 0.1) is 27.8 Å². The minimum atomic E-state index is -0.425. The Morgan fingerprint density at radius 2 is 1.09 bits per heavy atom. The van der Waals surface area contributed by atoms with Crippen LogP contribution in [0.5, 0.6) is 11.5 Å². The molecule has 8 aromatic carbocycles. The summed E-state index contributed by atoms with van der Waals surface area (Å²) < 4.78 is 9.12. The number of para-hydroxylation sites is 4. The molecule has 0 fully saturated rings. The number of nitrogens with zero attached hydrogens (tertiary/aromatic N) is 3. The van der Waals surface area contributed by atoms with Crippen LogP contribution in [0.15, 0.2) is 200 Å². The number of hydrogen-bond acceptors (Lipinski definition) is 3. The maximum atomic E-state index is 6.75. The molecule has 58 heavy (non-hydrogen) atoms. The first kappa shape index (κ1) is 31.5. The number of anilines is 3. The third-order valence-corrected chi connectivity index (χ3v) is 12.6. The van der Waals surface area contributed by atoms with Crippen molar-refractivity contribution in [2.75, 3.05) is 4.90 Å². The first-order valence-electron chi connectivity index (χ1n) is 19.9. The highest BCUT2D eigenvalue weighted by Gasteiger charge is 2.51. The number of aromatic nitrogens is 2. The van der Waals surface area contributed by atoms with Crippen LogP contribution >= 0.6 is 0 Å². The fraction of sp³-hybridized carbons (Fsp3) is 0.0185. The molecule has 0 saturated carbocycles. The Labute approximate surface area is 335 Å². The summed E-state index contributed by atoms with van der Waals surface area (Å²) in [5.74, 6) is 2.40. The second-order valence-electron chi connectivity index (χ2n) is 15.4. The summed E-state index contributed by atoms with van der Waals surface area (Å²) in [4.78, 5) is 7.87. The molecule has 13 rings (SSSR count). The highest BCUT2D eigenvalue weighted by atomic mass is 16.5. The number of ether oxygens (including phenoxy) is 1. The van der Waals surface area contributed by atoms with E-state index in [9.17, 15) is 0 Å². The lowest BCUT2D eigenvalue weighted by molar-refractivity contribution is 0.477. The average molecular weight is 740 g/mol. The smallest absolute Gasteiger partial charge is 0.153 e. The first-order valence-corrected chi connectivity index (χ1v) is 19.9. The van der Waals surface area contributed by atoms with Gasteiger partial charge in [-0.25, -0.2) is 4.98 Å². The predicted octanol–water partition coefficient (Wildman–Crippen LogP) is 13.8. The van der Waals surface area contributed by atoms with Gasteiger partial charge in [0.1, 0.15) is 11.5 Å². The molecule has 2 aliphatic carbocycles. The Hall–Kier alpha value is -7.69. The minimum Gasteiger partial charge on any atom is -0.453 e. The topological polar surface area (TPSA) is 30.3 Å². The molecule has 1 aliphatic heterocycles. The molecule has 0 radical (unpaired) electrons. The molecule has 3 heterocycles. The van der Waals surface area contributed by atoms with E-state index < -0.39 is 5.41 Å². The molecular formula is C54H33N3O. The molecule has 1 spiro atoms. The lowest BCUT2D eigenvalue weighted by atomic mass is 9.70. The Morgan fingerprint density at radius 3 is 1.84 bits per heavy atom. The predicted molar refractivity (Wildman–Crippen MR) is 235 cm³/mol. The van der Waals surface area contributed by atoms with E-state index in [2.05, 4.69) is 198 Å². The fourth-order valence-electron chi connectivity index (χ4n) is 10.3. The average Bonchev–Trinajstić information content (AvgIpc) is 3.90. The zero-order valence-electron chi connectivity index (χ0n) is 31.3. The van der Waals surface area contributed by atoms with Crippen molar-refractivity contribution >= 4 is 39.0 Å². The van der Waals surface area contributed by atoms with Gasteiger partial charge in [0.25, 0.3) is 0 Å². The van der Waals surface area contributed by atoms with E-state index in [-0.39, 0.29) is 0 Å². The summed E-state index contributed by atoms with van der Waals surface area (Å²) in [6.07, 6.45) is 0. The van der Waals surface area contributed by atoms with Gasteiger partial charge in [0.2, 0.25) is 0 Å². The van der Waals surface area contributed by atoms with Gasteiger partial charge >= 0.3 is 0 Å². The van der Waals surface area contributed by atoms with E-state index in [1.807, 2.05) is 12.1 Å². The molecule has 0 atom stereocenters. The van der Waals surface area contributed by atoms with E-state index in [1.165, 1.54) is 49.9 Å². The Kier molecular flexibility index (Phi) is 6.34. The van der Waals surface area contributed by atoms with Crippen molar-refractivity contribution in [2.45, 2.75) is 5.41 Å². The van der Waals surface area contributed by atoms with Crippen LogP contribution in [0.25, 0.3) is 61.0 Å². The minimum absolute atomic E-state index is 0.425. The summed E-state index contributed by atoms with van der Waals surface area (Å²) in [6, 6.07) is 72.1. The lowest BCUT2D eigenvalue weighted by Gasteiger charge is -2.33. The van der Waals surface area contributed by atoms with Crippen LogP contribution in [0, 0.1) is 0 Å². The maximum Gasteiger partial charge on any atom is 0.153 e. The van der Waals surface area contributed by atoms with E-state index in [0.717, 1.165) is 62.1 Å². The van der Waals surface area contributed by atoms with E-state index in [4.69, 9.17) is 9.72 Å². The van der Waals surface area contributed by atoms with Gasteiger partial charge in [-0.15, -0.1) is 0 Å². The second-order valence-corrected chi connectivity index (χ2v) is 15.4. The number of fused-ring (bicyclic) bond motifs is 16. The van der Waals surface area contributed by atoms with Gasteiger partial charge in [0.15, 0.2) is 11.5 Å². The maximum absolute atomic E-state index is 6.75. The molecule has 0 bridgehead atoms. The van der Waals surface area contributed by atoms with Crippen LogP contribution < -0.4 is 9.64 Å². The molecule has 4 heteroatoms. The van der Waals surface area contributed by atoms with Crippen molar-refractivity contribution in [2.24, 2.45) is 0 Å². The summed E-state index contributed by atoms with van der Waals surface area (Å²) in [5, 5.41) is 2.34. The van der Waals surface area contributed by atoms with Gasteiger partial charge in [-0.2, -0.15) is 0 Å². The number of benzene rings is 8. The summed E-state index contributed by atoms with van der Waals surface area (Å²) in [7, 11) is 0. The van der Waals surface area contributed by atoms with Crippen LogP contribution in [0.1, 0.15) is 22.3 Å². The highest BCUT2D eigenvalue weighted by Crippen LogP contribution is 2.63. The van der Waals surface area contributed by atoms with Crippen LogP contribution in [0.3, 0.4) is 0 Å². The van der Waals surface area contributed by atoms with Crippen molar-refractivity contribution in [1.29, 1.82) is 0 Å². The molecule has 0 unspecified atom stereocenters. The van der Waals surface area contributed by atoms with Gasteiger partial charge in [-0.3, -0.25) is 4.90 Å². The van der Waals surface area contributed by atoms with E-state index in [0.29, 0.717) is 0 Å². The van der Waals surface area contributed by atoms with Crippen molar-refractivity contribution in [3.8, 4) is 50.7 Å². The van der Waals surface area contributed by atoms with Crippen molar-refractivity contribution in [3.05, 3.63) is 222 Å². The molecule has 3 aliphatic rings. The molecule has 0 N–H and O–H groups in total. The zero-order chi connectivity index (χ0) is 38.0. The fourth-order valence-corrected chi connectivity index (χ4v) is 10.3. The number of pyridine rings is 1. The van der Waals surface area contributed by atoms with Crippen molar-refractivity contribution in [1.82, 2.24) is 9.55 Å². The third kappa shape index (κ3) is 4.05. The standard InChI is InChI=1S/C54H33N3O/c1-2-15-35(16-3-1)56-47-25-11-7-20-40(47)41-31-32-50-53(52(41)56)57(48-26-12-13-27-49(48)58-50)51-28-14-24-46(55-51)34-29-30-39-38-19-6-10-23-44(38)54(45(39)33-34)42-21-8-4-17-36(42)37-18-5-9-22-43(37)54/h1-33H. The zero-order valence-corrected chi connectivity index (χ0v) is 31.3. The van der Waals surface area contributed by atoms with Gasteiger partial charge in [0, 0.05) is 22.0 Å². The van der Waals surface area contributed by atoms with Gasteiger partial charge < -0.3 is 9.30 Å². The van der Waals surface area contributed by atoms with Crippen LogP contribution in [0.2, 0.25) is 0 Å². The van der Waals surface area contributed by atoms with Crippen molar-refractivity contribution < 1.29 is 4.74 Å². The Balaban J connectivity index is 1.04. The van der Waals surface area contributed by atoms with E-state index in [1.54, 1.807) is 0 Å². The summed E-state index contributed by atoms with van der Waals surface area (Å²) >= 11 is 0. The quantitative estimate of drug-likeness (QED) is 0.181. The van der Waals surface area contributed by atoms with Crippen LogP contribution in [-0.4, -0.2) is 9.55 Å². The molecular weight excluding hydrogens is 707 g/mol. The molecule has 4 nitrogen and oxygen atoms in total. The summed E-state index contributed by atoms with van der Waals surface area (Å²) in [5.41, 5.74) is 17.2. The van der Waals surface area contributed by atoms with Crippen LogP contribution in [0.4, 0.5) is 17.2 Å². The van der Waals surface area contributed by atoms with Crippen LogP contribution in [-0.2, 0) is 5.41 Å². The Morgan fingerprint density at radius 1 is 0.448 bits per heavy atom. The van der Waals surface area contributed by atoms with Gasteiger partial charge in [-0.1, -0.05) is 140 Å². The summed E-state index contributed by atoms with van der Waals surface area (Å²) in [6.45, 7) is 0. The van der Waals surface area contributed by atoms with Gasteiger partial charge in [-0.05, 0) is 105 Å². The molecule has 0 saturated heterocycles. The highest BCUT2D eigenvalue weighted by molar-refractivity contribution is 6.16. The lowest BCUT2D eigenvalue weighted by Crippen LogP contribution is -2.25. The third-order valence-electron chi connectivity index (χ3n) is 12.6. The normalized spacial score (nSPS) is 13.8. The molecule has 2 aromatic heterocycles. The monoisotopic (exact) mass is 739 g/mol. The number of rotatable bonds is 3. The molecule has 270 valence electrons. The molecule has 10 aromatic rings. The first-order chi connectivity index (χ1) is 28.8. The number of hydrogen-bond donors (Lipinski definition) is 0.